The van der Waals surface area contributed by atoms with Gasteiger partial charge in [0, 0.05) is 22.4 Å². The highest BCUT2D eigenvalue weighted by atomic mass is 35.5. The van der Waals surface area contributed by atoms with Gasteiger partial charge in [0.1, 0.15) is 0 Å². The van der Waals surface area contributed by atoms with Crippen molar-refractivity contribution >= 4 is 23.3 Å². The van der Waals surface area contributed by atoms with E-state index in [9.17, 15) is 40.3 Å². The third kappa shape index (κ3) is 4.65. The third-order valence-corrected chi connectivity index (χ3v) is 3.10. The van der Waals surface area contributed by atoms with E-state index < -0.39 is 35.4 Å². The van der Waals surface area contributed by atoms with Crippen molar-refractivity contribution in [2.75, 3.05) is 0 Å². The molecule has 2 N–H and O–H groups in total. The normalized spacial score (nSPS) is 13.3. The van der Waals surface area contributed by atoms with Crippen LogP contribution in [-0.4, -0.2) is 29.7 Å². The number of allylic oxidation sites excluding steroid dienone is 2. The molecule has 144 valence electrons. The topological polar surface area (TPSA) is 58.2 Å². The Morgan fingerprint density at radius 2 is 1.62 bits per heavy atom. The van der Waals surface area contributed by atoms with Crippen molar-refractivity contribution in [2.24, 2.45) is 0 Å². The summed E-state index contributed by atoms with van der Waals surface area (Å²) in [6.45, 7) is 0.887. The van der Waals surface area contributed by atoms with Crippen LogP contribution in [0.1, 0.15) is 17.3 Å². The van der Waals surface area contributed by atoms with E-state index in [1.54, 1.807) is 0 Å². The molecule has 0 fully saturated rings. The second-order valence-electron chi connectivity index (χ2n) is 4.93. The van der Waals surface area contributed by atoms with Crippen molar-refractivity contribution in [2.45, 2.75) is 24.9 Å². The molecule has 0 spiro atoms. The number of benzene rings is 1. The third-order valence-electron chi connectivity index (χ3n) is 2.87. The average molecular weight is 407 g/mol. The summed E-state index contributed by atoms with van der Waals surface area (Å²) in [6.07, 6.45) is -6.81. The van der Waals surface area contributed by atoms with Crippen molar-refractivity contribution in [3.05, 3.63) is 46.6 Å². The van der Waals surface area contributed by atoms with Crippen LogP contribution in [0.5, 0.6) is 0 Å². The maximum Gasteiger partial charge on any atom is 0.460 e. The molecule has 1 aromatic rings. The van der Waals surface area contributed by atoms with Crippen molar-refractivity contribution in [3.8, 4) is 0 Å². The highest BCUT2D eigenvalue weighted by Gasteiger charge is 2.75. The first-order valence-electron chi connectivity index (χ1n) is 6.57. The minimum Gasteiger partial charge on any atom is -0.303 e. The average Bonchev–Trinajstić information content (AvgIpc) is 2.51. The Morgan fingerprint density at radius 3 is 2.12 bits per heavy atom. The second-order valence-corrected chi connectivity index (χ2v) is 5.36. The number of hydrogen-bond acceptors (Lipinski definition) is 3. The van der Waals surface area contributed by atoms with Crippen LogP contribution in [0.15, 0.2) is 36.0 Å². The second kappa shape index (κ2) is 7.52. The molecule has 1 amide bonds. The van der Waals surface area contributed by atoms with E-state index in [2.05, 4.69) is 0 Å². The first-order valence-corrected chi connectivity index (χ1v) is 6.95. The lowest BCUT2D eigenvalue weighted by molar-refractivity contribution is -0.342. The summed E-state index contributed by atoms with van der Waals surface area (Å²) >= 11 is 5.65. The van der Waals surface area contributed by atoms with E-state index in [0.717, 1.165) is 6.92 Å². The Labute approximate surface area is 147 Å². The number of halogens is 8. The summed E-state index contributed by atoms with van der Waals surface area (Å²) in [4.78, 5) is 22.9. The van der Waals surface area contributed by atoms with Crippen LogP contribution in [0.3, 0.4) is 0 Å². The molecule has 0 bridgehead atoms. The van der Waals surface area contributed by atoms with Gasteiger partial charge in [0.15, 0.2) is 0 Å². The number of hydrazine groups is 1. The fourth-order valence-corrected chi connectivity index (χ4v) is 1.70. The van der Waals surface area contributed by atoms with Crippen LogP contribution < -0.4 is 10.9 Å². The molecule has 0 atom stereocenters. The standard InChI is InChI=1S/C14H10ClF7N2O2/c1-7(23-24-11(26)8-3-2-4-9(15)6-8)5-10(25)12(16,17)13(18,19)14(20,21)22/h2-6,23H,1H3,(H,24,26)/b7-5+. The van der Waals surface area contributed by atoms with E-state index >= 15 is 0 Å². The number of carbonyl (C=O) groups excluding carboxylic acids is 2. The van der Waals surface area contributed by atoms with Gasteiger partial charge in [-0.1, -0.05) is 17.7 Å². The molecule has 1 aromatic carbocycles. The summed E-state index contributed by atoms with van der Waals surface area (Å²) in [5.41, 5.74) is 3.28. The molecular formula is C14H10ClF7N2O2. The van der Waals surface area contributed by atoms with Gasteiger partial charge >= 0.3 is 18.0 Å². The van der Waals surface area contributed by atoms with Gasteiger partial charge in [-0.05, 0) is 25.1 Å². The van der Waals surface area contributed by atoms with Gasteiger partial charge < -0.3 is 5.43 Å². The number of amides is 1. The van der Waals surface area contributed by atoms with Gasteiger partial charge in [-0.15, -0.1) is 0 Å². The molecule has 0 unspecified atom stereocenters. The van der Waals surface area contributed by atoms with Crippen molar-refractivity contribution in [3.63, 3.8) is 0 Å². The number of carbonyl (C=O) groups is 2. The van der Waals surface area contributed by atoms with E-state index in [0.29, 0.717) is 0 Å². The van der Waals surface area contributed by atoms with Crippen LogP contribution in [0.25, 0.3) is 0 Å². The molecule has 4 nitrogen and oxygen atoms in total. The van der Waals surface area contributed by atoms with E-state index in [4.69, 9.17) is 11.6 Å². The molecular weight excluding hydrogens is 397 g/mol. The van der Waals surface area contributed by atoms with Gasteiger partial charge in [0.2, 0.25) is 5.78 Å². The molecule has 0 saturated heterocycles. The zero-order valence-electron chi connectivity index (χ0n) is 12.7. The minimum atomic E-state index is -6.62. The molecule has 0 saturated carbocycles. The molecule has 0 aliphatic heterocycles. The zero-order valence-corrected chi connectivity index (χ0v) is 13.5. The number of nitrogens with one attached hydrogen (secondary N) is 2. The van der Waals surface area contributed by atoms with E-state index in [-0.39, 0.29) is 16.7 Å². The largest absolute Gasteiger partial charge is 0.460 e. The predicted octanol–water partition coefficient (Wildman–Crippen LogP) is 3.88. The monoisotopic (exact) mass is 406 g/mol. The summed E-state index contributed by atoms with van der Waals surface area (Å²) in [7, 11) is 0. The Balaban J connectivity index is 2.83. The maximum atomic E-state index is 13.2. The Kier molecular flexibility index (Phi) is 6.29. The van der Waals surface area contributed by atoms with Crippen LogP contribution in [0, 0.1) is 0 Å². The van der Waals surface area contributed by atoms with Crippen molar-refractivity contribution in [1.29, 1.82) is 0 Å². The smallest absolute Gasteiger partial charge is 0.303 e. The molecule has 26 heavy (non-hydrogen) atoms. The van der Waals surface area contributed by atoms with E-state index in [1.165, 1.54) is 24.3 Å². The Bertz CT molecular complexity index is 732. The summed E-state index contributed by atoms with van der Waals surface area (Å²) < 4.78 is 87.9. The molecule has 0 aliphatic rings. The van der Waals surface area contributed by atoms with Crippen molar-refractivity contribution in [1.82, 2.24) is 10.9 Å². The molecule has 0 aromatic heterocycles. The summed E-state index contributed by atoms with van der Waals surface area (Å²) in [5, 5.41) is 0.203. The van der Waals surface area contributed by atoms with Gasteiger partial charge in [-0.2, -0.15) is 30.7 Å². The first kappa shape index (κ1) is 21.7. The highest BCUT2D eigenvalue weighted by Crippen LogP contribution is 2.47. The number of rotatable bonds is 6. The SMILES string of the molecule is C/C(=C\C(=O)C(F)(F)C(F)(F)C(F)(F)F)NNC(=O)c1cccc(Cl)c1. The quantitative estimate of drug-likeness (QED) is 0.428. The summed E-state index contributed by atoms with van der Waals surface area (Å²) in [5.74, 6) is -16.2. The predicted molar refractivity (Wildman–Crippen MR) is 76.8 cm³/mol. The Morgan fingerprint density at radius 1 is 1.04 bits per heavy atom. The maximum absolute atomic E-state index is 13.2. The number of ketones is 1. The van der Waals surface area contributed by atoms with Crippen LogP contribution in [-0.2, 0) is 4.79 Å². The molecule has 1 rings (SSSR count). The van der Waals surface area contributed by atoms with Gasteiger partial charge in [-0.25, -0.2) is 0 Å². The molecule has 0 radical (unpaired) electrons. The van der Waals surface area contributed by atoms with Gasteiger partial charge in [0.25, 0.3) is 5.91 Å². The minimum absolute atomic E-state index is 0.0260. The highest BCUT2D eigenvalue weighted by molar-refractivity contribution is 6.30. The Hall–Kier alpha value is -2.30. The molecule has 12 heteroatoms. The summed E-state index contributed by atoms with van der Waals surface area (Å²) in [6, 6.07) is 5.44. The number of hydrogen-bond donors (Lipinski definition) is 2. The van der Waals surface area contributed by atoms with Crippen LogP contribution in [0.4, 0.5) is 30.7 Å². The van der Waals surface area contributed by atoms with Crippen LogP contribution >= 0.6 is 11.6 Å². The zero-order chi connectivity index (χ0) is 20.3. The molecule has 0 aliphatic carbocycles. The van der Waals surface area contributed by atoms with Crippen molar-refractivity contribution < 1.29 is 40.3 Å². The lowest BCUT2D eigenvalue weighted by Crippen LogP contribution is -2.55. The van der Waals surface area contributed by atoms with Crippen LogP contribution in [0.2, 0.25) is 5.02 Å². The van der Waals surface area contributed by atoms with E-state index in [1.807, 2.05) is 10.9 Å². The molecule has 0 heterocycles. The van der Waals surface area contributed by atoms with Gasteiger partial charge in [-0.3, -0.25) is 15.0 Å². The van der Waals surface area contributed by atoms with Gasteiger partial charge in [0.05, 0.1) is 0 Å². The first-order chi connectivity index (χ1) is 11.7. The number of alkyl halides is 7. The fourth-order valence-electron chi connectivity index (χ4n) is 1.51. The lowest BCUT2D eigenvalue weighted by atomic mass is 10.1. The fraction of sp³-hybridized carbons (Fsp3) is 0.286. The lowest BCUT2D eigenvalue weighted by Gasteiger charge is -2.26.